The van der Waals surface area contributed by atoms with Crippen LogP contribution in [0.25, 0.3) is 0 Å². The minimum absolute atomic E-state index is 0.0485. The lowest BCUT2D eigenvalue weighted by molar-refractivity contribution is -0.129. The fourth-order valence-corrected chi connectivity index (χ4v) is 0.871. The van der Waals surface area contributed by atoms with Crippen molar-refractivity contribution in [3.05, 3.63) is 0 Å². The van der Waals surface area contributed by atoms with Crippen LogP contribution in [-0.2, 0) is 9.53 Å². The first-order valence-electron chi connectivity index (χ1n) is 4.82. The van der Waals surface area contributed by atoms with Gasteiger partial charge in [-0.05, 0) is 6.42 Å². The number of rotatable bonds is 5. The van der Waals surface area contributed by atoms with E-state index in [0.717, 1.165) is 0 Å². The fourth-order valence-electron chi connectivity index (χ4n) is 0.871. The molecule has 0 aromatic heterocycles. The van der Waals surface area contributed by atoms with Crippen molar-refractivity contribution in [3.8, 4) is 0 Å². The normalized spacial score (nSPS) is 13.8. The Morgan fingerprint density at radius 3 is 2.43 bits per heavy atom. The molecule has 0 heterocycles. The Morgan fingerprint density at radius 1 is 1.50 bits per heavy atom. The molecule has 0 fully saturated rings. The lowest BCUT2D eigenvalue weighted by atomic mass is 9.95. The highest BCUT2D eigenvalue weighted by Gasteiger charge is 2.23. The van der Waals surface area contributed by atoms with Crippen molar-refractivity contribution >= 4 is 5.91 Å². The van der Waals surface area contributed by atoms with Crippen LogP contribution in [0.15, 0.2) is 0 Å². The number of aliphatic hydroxyl groups is 1. The highest BCUT2D eigenvalue weighted by Crippen LogP contribution is 2.13. The number of hydrogen-bond donors (Lipinski definition) is 2. The lowest BCUT2D eigenvalue weighted by Gasteiger charge is -2.22. The SMILES string of the molecule is COCC[C@@H](CO)NC(=O)C(C)(C)C. The molecule has 0 aromatic carbocycles. The van der Waals surface area contributed by atoms with Crippen LogP contribution in [0.5, 0.6) is 0 Å². The van der Waals surface area contributed by atoms with Crippen molar-refractivity contribution in [1.29, 1.82) is 0 Å². The van der Waals surface area contributed by atoms with Gasteiger partial charge in [-0.2, -0.15) is 0 Å². The van der Waals surface area contributed by atoms with Gasteiger partial charge in [0.05, 0.1) is 12.6 Å². The molecule has 4 heteroatoms. The van der Waals surface area contributed by atoms with E-state index in [9.17, 15) is 4.79 Å². The van der Waals surface area contributed by atoms with E-state index < -0.39 is 5.41 Å². The summed E-state index contributed by atoms with van der Waals surface area (Å²) >= 11 is 0. The number of amides is 1. The predicted molar refractivity (Wildman–Crippen MR) is 55.0 cm³/mol. The molecule has 14 heavy (non-hydrogen) atoms. The molecule has 0 aliphatic carbocycles. The molecule has 0 saturated heterocycles. The fraction of sp³-hybridized carbons (Fsp3) is 0.900. The van der Waals surface area contributed by atoms with Crippen LogP contribution < -0.4 is 5.32 Å². The number of aliphatic hydroxyl groups excluding tert-OH is 1. The van der Waals surface area contributed by atoms with Gasteiger partial charge in [0.15, 0.2) is 0 Å². The number of nitrogens with one attached hydrogen (secondary N) is 1. The zero-order chi connectivity index (χ0) is 11.2. The van der Waals surface area contributed by atoms with Gasteiger partial charge >= 0.3 is 0 Å². The maximum absolute atomic E-state index is 11.5. The predicted octanol–water partition coefficient (Wildman–Crippen LogP) is 0.546. The van der Waals surface area contributed by atoms with Crippen molar-refractivity contribution in [1.82, 2.24) is 5.32 Å². The van der Waals surface area contributed by atoms with Crippen molar-refractivity contribution < 1.29 is 14.6 Å². The van der Waals surface area contributed by atoms with E-state index in [0.29, 0.717) is 13.0 Å². The first-order chi connectivity index (χ1) is 6.41. The van der Waals surface area contributed by atoms with Crippen LogP contribution >= 0.6 is 0 Å². The third-order valence-electron chi connectivity index (χ3n) is 1.91. The second kappa shape index (κ2) is 5.98. The van der Waals surface area contributed by atoms with Gasteiger partial charge in [0.1, 0.15) is 0 Å². The third-order valence-corrected chi connectivity index (χ3v) is 1.91. The molecule has 0 unspecified atom stereocenters. The molecule has 0 aliphatic heterocycles. The van der Waals surface area contributed by atoms with Crippen molar-refractivity contribution in [2.24, 2.45) is 5.41 Å². The van der Waals surface area contributed by atoms with E-state index in [4.69, 9.17) is 9.84 Å². The Hall–Kier alpha value is -0.610. The zero-order valence-electron chi connectivity index (χ0n) is 9.46. The molecule has 0 aromatic rings. The molecule has 0 rings (SSSR count). The number of ether oxygens (including phenoxy) is 1. The standard InChI is InChI=1S/C10H21NO3/c1-10(2,3)9(13)11-8(7-12)5-6-14-4/h8,12H,5-7H2,1-4H3,(H,11,13)/t8-/m0/s1. The van der Waals surface area contributed by atoms with Gasteiger partial charge in [0.25, 0.3) is 0 Å². The highest BCUT2D eigenvalue weighted by atomic mass is 16.5. The van der Waals surface area contributed by atoms with Gasteiger partial charge in [0, 0.05) is 19.1 Å². The molecule has 0 aliphatic rings. The van der Waals surface area contributed by atoms with Crippen LogP contribution in [0.3, 0.4) is 0 Å². The largest absolute Gasteiger partial charge is 0.394 e. The molecule has 0 saturated carbocycles. The molecular weight excluding hydrogens is 182 g/mol. The molecule has 84 valence electrons. The van der Waals surface area contributed by atoms with Gasteiger partial charge in [-0.1, -0.05) is 20.8 Å². The van der Waals surface area contributed by atoms with Crippen molar-refractivity contribution in [3.63, 3.8) is 0 Å². The molecule has 2 N–H and O–H groups in total. The molecule has 0 radical (unpaired) electrons. The minimum Gasteiger partial charge on any atom is -0.394 e. The van der Waals surface area contributed by atoms with Gasteiger partial charge in [-0.3, -0.25) is 4.79 Å². The van der Waals surface area contributed by atoms with Gasteiger partial charge in [-0.25, -0.2) is 0 Å². The molecule has 0 spiro atoms. The second-order valence-electron chi connectivity index (χ2n) is 4.38. The smallest absolute Gasteiger partial charge is 0.225 e. The van der Waals surface area contributed by atoms with Crippen LogP contribution in [0.2, 0.25) is 0 Å². The number of carbonyl (C=O) groups excluding carboxylic acids is 1. The van der Waals surface area contributed by atoms with E-state index in [1.807, 2.05) is 20.8 Å². The van der Waals surface area contributed by atoms with E-state index in [1.54, 1.807) is 7.11 Å². The van der Waals surface area contributed by atoms with Crippen LogP contribution in [0, 0.1) is 5.41 Å². The van der Waals surface area contributed by atoms with Crippen molar-refractivity contribution in [2.75, 3.05) is 20.3 Å². The van der Waals surface area contributed by atoms with Gasteiger partial charge in [-0.15, -0.1) is 0 Å². The zero-order valence-corrected chi connectivity index (χ0v) is 9.46. The number of hydrogen-bond acceptors (Lipinski definition) is 3. The van der Waals surface area contributed by atoms with E-state index in [1.165, 1.54) is 0 Å². The minimum atomic E-state index is -0.416. The van der Waals surface area contributed by atoms with E-state index >= 15 is 0 Å². The third kappa shape index (κ3) is 5.19. The second-order valence-corrected chi connectivity index (χ2v) is 4.38. The van der Waals surface area contributed by atoms with Crippen molar-refractivity contribution in [2.45, 2.75) is 33.2 Å². The summed E-state index contributed by atoms with van der Waals surface area (Å²) in [4.78, 5) is 11.5. The summed E-state index contributed by atoms with van der Waals surface area (Å²) in [6.45, 7) is 6.01. The maximum Gasteiger partial charge on any atom is 0.225 e. The Morgan fingerprint density at radius 2 is 2.07 bits per heavy atom. The van der Waals surface area contributed by atoms with Crippen LogP contribution in [0.4, 0.5) is 0 Å². The van der Waals surface area contributed by atoms with E-state index in [2.05, 4.69) is 5.32 Å². The Kier molecular flexibility index (Phi) is 5.72. The lowest BCUT2D eigenvalue weighted by Crippen LogP contribution is -2.43. The summed E-state index contributed by atoms with van der Waals surface area (Å²) in [6, 6.07) is -0.207. The summed E-state index contributed by atoms with van der Waals surface area (Å²) < 4.78 is 4.88. The molecular formula is C10H21NO3. The summed E-state index contributed by atoms with van der Waals surface area (Å²) in [5.41, 5.74) is -0.416. The van der Waals surface area contributed by atoms with Crippen LogP contribution in [0.1, 0.15) is 27.2 Å². The Labute approximate surface area is 85.6 Å². The first kappa shape index (κ1) is 13.4. The van der Waals surface area contributed by atoms with Crippen LogP contribution in [-0.4, -0.2) is 37.4 Å². The quantitative estimate of drug-likeness (QED) is 0.686. The van der Waals surface area contributed by atoms with E-state index in [-0.39, 0.29) is 18.6 Å². The topological polar surface area (TPSA) is 58.6 Å². The maximum atomic E-state index is 11.5. The summed E-state index contributed by atoms with van der Waals surface area (Å²) in [5, 5.41) is 11.8. The highest BCUT2D eigenvalue weighted by molar-refractivity contribution is 5.81. The van der Waals surface area contributed by atoms with Gasteiger partial charge in [0.2, 0.25) is 5.91 Å². The number of carbonyl (C=O) groups is 1. The molecule has 1 amide bonds. The van der Waals surface area contributed by atoms with Gasteiger partial charge < -0.3 is 15.2 Å². The average Bonchev–Trinajstić information content (AvgIpc) is 2.10. The molecule has 1 atom stereocenters. The summed E-state index contributed by atoms with van der Waals surface area (Å²) in [7, 11) is 1.60. The molecule has 0 bridgehead atoms. The Balaban J connectivity index is 3.99. The summed E-state index contributed by atoms with van der Waals surface area (Å²) in [5.74, 6) is -0.0485. The Bertz CT molecular complexity index is 175. The summed E-state index contributed by atoms with van der Waals surface area (Å²) in [6.07, 6.45) is 0.634. The monoisotopic (exact) mass is 203 g/mol. The molecule has 4 nitrogen and oxygen atoms in total. The first-order valence-corrected chi connectivity index (χ1v) is 4.82. The number of methoxy groups -OCH3 is 1. The average molecular weight is 203 g/mol.